The van der Waals surface area contributed by atoms with Gasteiger partial charge in [0.2, 0.25) is 0 Å². The molecular formula is C8H9N3S. The van der Waals surface area contributed by atoms with E-state index in [2.05, 4.69) is 22.7 Å². The average Bonchev–Trinajstić information content (AvgIpc) is 2.09. The molecule has 0 saturated carbocycles. The molecule has 0 unspecified atom stereocenters. The summed E-state index contributed by atoms with van der Waals surface area (Å²) in [6.07, 6.45) is 0.790. The molecule has 0 radical (unpaired) electrons. The Kier molecular flexibility index (Phi) is 3.51. The third-order valence-electron chi connectivity index (χ3n) is 1.50. The van der Waals surface area contributed by atoms with Gasteiger partial charge in [-0.3, -0.25) is 0 Å². The summed E-state index contributed by atoms with van der Waals surface area (Å²) in [4.78, 5) is 3.63. The van der Waals surface area contributed by atoms with Crippen LogP contribution in [-0.2, 0) is 6.42 Å². The third-order valence-corrected chi connectivity index (χ3v) is 1.80. The summed E-state index contributed by atoms with van der Waals surface area (Å²) in [6.45, 7) is 0.516. The Bertz CT molecular complexity index is 288. The fourth-order valence-corrected chi connectivity index (χ4v) is 1.04. The lowest BCUT2D eigenvalue weighted by molar-refractivity contribution is 0.954. The van der Waals surface area contributed by atoms with Crippen LogP contribution in [0.5, 0.6) is 0 Å². The maximum absolute atomic E-state index is 8.03. The van der Waals surface area contributed by atoms with E-state index in [0.29, 0.717) is 6.54 Å². The number of rotatable bonds is 3. The van der Waals surface area contributed by atoms with Crippen molar-refractivity contribution in [2.45, 2.75) is 11.3 Å². The van der Waals surface area contributed by atoms with Gasteiger partial charge in [0.15, 0.2) is 0 Å². The molecular weight excluding hydrogens is 170 g/mol. The van der Waals surface area contributed by atoms with Crippen LogP contribution in [0.25, 0.3) is 10.4 Å². The van der Waals surface area contributed by atoms with E-state index >= 15 is 0 Å². The van der Waals surface area contributed by atoms with E-state index in [0.717, 1.165) is 11.3 Å². The first kappa shape index (κ1) is 8.97. The molecule has 1 rings (SSSR count). The van der Waals surface area contributed by atoms with Crippen LogP contribution in [0, 0.1) is 0 Å². The first-order chi connectivity index (χ1) is 5.83. The van der Waals surface area contributed by atoms with Crippen LogP contribution in [0.2, 0.25) is 0 Å². The molecule has 0 aliphatic carbocycles. The van der Waals surface area contributed by atoms with Crippen LogP contribution in [-0.4, -0.2) is 6.54 Å². The van der Waals surface area contributed by atoms with Crippen molar-refractivity contribution in [3.05, 3.63) is 40.3 Å². The number of thiol groups is 1. The fraction of sp³-hybridized carbons (Fsp3) is 0.250. The smallest absolute Gasteiger partial charge is 0.0298 e. The molecule has 3 nitrogen and oxygen atoms in total. The zero-order valence-corrected chi connectivity index (χ0v) is 7.41. The van der Waals surface area contributed by atoms with Crippen molar-refractivity contribution in [2.24, 2.45) is 5.11 Å². The molecule has 1 aromatic rings. The summed E-state index contributed by atoms with van der Waals surface area (Å²) in [5.74, 6) is 0. The second-order valence-electron chi connectivity index (χ2n) is 2.37. The Labute approximate surface area is 76.5 Å². The monoisotopic (exact) mass is 179 g/mol. The second kappa shape index (κ2) is 4.70. The molecule has 0 atom stereocenters. The Balaban J connectivity index is 2.53. The molecule has 1 aromatic carbocycles. The topological polar surface area (TPSA) is 48.8 Å². The van der Waals surface area contributed by atoms with Gasteiger partial charge in [-0.05, 0) is 29.6 Å². The molecule has 0 aliphatic rings. The summed E-state index contributed by atoms with van der Waals surface area (Å²) in [6, 6.07) is 7.81. The van der Waals surface area contributed by atoms with Crippen molar-refractivity contribution in [3.8, 4) is 0 Å². The summed E-state index contributed by atoms with van der Waals surface area (Å²) in [5.41, 5.74) is 9.20. The molecule has 0 spiro atoms. The first-order valence-corrected chi connectivity index (χ1v) is 4.06. The van der Waals surface area contributed by atoms with Gasteiger partial charge in [0.25, 0.3) is 0 Å². The summed E-state index contributed by atoms with van der Waals surface area (Å²) < 4.78 is 0. The van der Waals surface area contributed by atoms with Crippen LogP contribution < -0.4 is 0 Å². The maximum atomic E-state index is 8.03. The van der Waals surface area contributed by atoms with Crippen LogP contribution in [0.1, 0.15) is 5.56 Å². The number of azide groups is 1. The van der Waals surface area contributed by atoms with Gasteiger partial charge in [0, 0.05) is 16.4 Å². The molecule has 0 bridgehead atoms. The van der Waals surface area contributed by atoms with E-state index in [4.69, 9.17) is 5.53 Å². The van der Waals surface area contributed by atoms with E-state index < -0.39 is 0 Å². The summed E-state index contributed by atoms with van der Waals surface area (Å²) >= 11 is 4.16. The number of nitrogens with zero attached hydrogens (tertiary/aromatic N) is 3. The van der Waals surface area contributed by atoms with E-state index in [1.54, 1.807) is 0 Å². The van der Waals surface area contributed by atoms with E-state index in [1.165, 1.54) is 5.56 Å². The minimum atomic E-state index is 0.516. The Hall–Kier alpha value is -1.12. The van der Waals surface area contributed by atoms with Crippen molar-refractivity contribution in [1.82, 2.24) is 0 Å². The van der Waals surface area contributed by atoms with E-state index in [-0.39, 0.29) is 0 Å². The maximum Gasteiger partial charge on any atom is 0.0298 e. The standard InChI is InChI=1S/C8H9N3S/c9-11-10-6-5-7-1-3-8(12)4-2-7/h1-4,12H,5-6H2. The van der Waals surface area contributed by atoms with Crippen LogP contribution in [0.15, 0.2) is 34.3 Å². The van der Waals surface area contributed by atoms with Gasteiger partial charge in [0.05, 0.1) is 0 Å². The molecule has 0 aromatic heterocycles. The Morgan fingerprint density at radius 3 is 2.58 bits per heavy atom. The zero-order valence-electron chi connectivity index (χ0n) is 6.51. The molecule has 0 aliphatic heterocycles. The van der Waals surface area contributed by atoms with Gasteiger partial charge in [-0.15, -0.1) is 12.6 Å². The zero-order chi connectivity index (χ0) is 8.81. The molecule has 4 heteroatoms. The highest BCUT2D eigenvalue weighted by atomic mass is 32.1. The van der Waals surface area contributed by atoms with Crippen molar-refractivity contribution >= 4 is 12.6 Å². The molecule has 0 fully saturated rings. The Morgan fingerprint density at radius 2 is 2.00 bits per heavy atom. The molecule has 0 saturated heterocycles. The first-order valence-electron chi connectivity index (χ1n) is 3.61. The summed E-state index contributed by atoms with van der Waals surface area (Å²) in [5, 5.41) is 3.45. The number of hydrogen-bond acceptors (Lipinski definition) is 2. The lowest BCUT2D eigenvalue weighted by Gasteiger charge is -1.96. The molecule has 62 valence electrons. The quantitative estimate of drug-likeness (QED) is 0.321. The van der Waals surface area contributed by atoms with Gasteiger partial charge < -0.3 is 0 Å². The molecule has 0 N–H and O–H groups in total. The minimum Gasteiger partial charge on any atom is -0.143 e. The predicted octanol–water partition coefficient (Wildman–Crippen LogP) is 2.83. The van der Waals surface area contributed by atoms with Crippen LogP contribution in [0.4, 0.5) is 0 Å². The lowest BCUT2D eigenvalue weighted by Crippen LogP contribution is -1.87. The normalized spacial score (nSPS) is 9.08. The summed E-state index contributed by atoms with van der Waals surface area (Å²) in [7, 11) is 0. The predicted molar refractivity (Wildman–Crippen MR) is 51.4 cm³/mol. The third kappa shape index (κ3) is 2.86. The minimum absolute atomic E-state index is 0.516. The van der Waals surface area contributed by atoms with Crippen LogP contribution in [0.3, 0.4) is 0 Å². The Morgan fingerprint density at radius 1 is 1.33 bits per heavy atom. The van der Waals surface area contributed by atoms with Gasteiger partial charge in [-0.25, -0.2) is 0 Å². The largest absolute Gasteiger partial charge is 0.143 e. The highest BCUT2D eigenvalue weighted by molar-refractivity contribution is 7.80. The van der Waals surface area contributed by atoms with E-state index in [1.807, 2.05) is 24.3 Å². The van der Waals surface area contributed by atoms with E-state index in [9.17, 15) is 0 Å². The molecule has 0 amide bonds. The van der Waals surface area contributed by atoms with Crippen molar-refractivity contribution in [1.29, 1.82) is 0 Å². The fourth-order valence-electron chi connectivity index (χ4n) is 0.886. The SMILES string of the molecule is [N-]=[N+]=NCCc1ccc(S)cc1. The van der Waals surface area contributed by atoms with Crippen molar-refractivity contribution < 1.29 is 0 Å². The lowest BCUT2D eigenvalue weighted by atomic mass is 10.2. The highest BCUT2D eigenvalue weighted by Crippen LogP contribution is 2.07. The van der Waals surface area contributed by atoms with Gasteiger partial charge in [-0.1, -0.05) is 17.2 Å². The van der Waals surface area contributed by atoms with Gasteiger partial charge >= 0.3 is 0 Å². The van der Waals surface area contributed by atoms with Crippen molar-refractivity contribution in [3.63, 3.8) is 0 Å². The van der Waals surface area contributed by atoms with Crippen LogP contribution >= 0.6 is 12.6 Å². The van der Waals surface area contributed by atoms with Gasteiger partial charge in [-0.2, -0.15) is 0 Å². The second-order valence-corrected chi connectivity index (χ2v) is 2.89. The highest BCUT2D eigenvalue weighted by Gasteiger charge is 1.90. The van der Waals surface area contributed by atoms with Crippen molar-refractivity contribution in [2.75, 3.05) is 6.54 Å². The number of hydrogen-bond donors (Lipinski definition) is 1. The molecule has 0 heterocycles. The number of benzene rings is 1. The van der Waals surface area contributed by atoms with Gasteiger partial charge in [0.1, 0.15) is 0 Å². The average molecular weight is 179 g/mol. The molecule has 12 heavy (non-hydrogen) atoms.